The molecule has 92 valence electrons. The zero-order valence-electron chi connectivity index (χ0n) is 9.26. The van der Waals surface area contributed by atoms with Gasteiger partial charge in [0.15, 0.2) is 9.78 Å². The second-order valence-electron chi connectivity index (χ2n) is 3.33. The van der Waals surface area contributed by atoms with Crippen LogP contribution in [-0.2, 0) is 0 Å². The summed E-state index contributed by atoms with van der Waals surface area (Å²) in [6.45, 7) is 0. The van der Waals surface area contributed by atoms with E-state index in [9.17, 15) is 0 Å². The monoisotopic (exact) mass is 323 g/mol. The normalized spacial score (nSPS) is 10.5. The SMILES string of the molecule is S=C(N/N=C\c1ccc(Br)o1)Nc1ccccc1. The van der Waals surface area contributed by atoms with E-state index in [1.807, 2.05) is 30.3 Å². The Hall–Kier alpha value is -1.66. The van der Waals surface area contributed by atoms with Gasteiger partial charge in [0.05, 0.1) is 6.21 Å². The number of nitrogens with zero attached hydrogens (tertiary/aromatic N) is 1. The molecule has 2 aromatic rings. The highest BCUT2D eigenvalue weighted by Gasteiger charge is 1.96. The summed E-state index contributed by atoms with van der Waals surface area (Å²) in [5.41, 5.74) is 3.61. The molecule has 1 aromatic heterocycles. The number of nitrogens with one attached hydrogen (secondary N) is 2. The molecule has 0 aliphatic heterocycles. The lowest BCUT2D eigenvalue weighted by Gasteiger charge is -2.05. The molecule has 0 saturated heterocycles. The van der Waals surface area contributed by atoms with Gasteiger partial charge >= 0.3 is 0 Å². The lowest BCUT2D eigenvalue weighted by atomic mass is 10.3. The first kappa shape index (κ1) is 12.8. The fourth-order valence-electron chi connectivity index (χ4n) is 1.23. The Morgan fingerprint density at radius 3 is 2.67 bits per heavy atom. The lowest BCUT2D eigenvalue weighted by molar-refractivity contribution is 0.534. The van der Waals surface area contributed by atoms with E-state index in [1.54, 1.807) is 18.3 Å². The molecule has 0 bridgehead atoms. The fraction of sp³-hybridized carbons (Fsp3) is 0. The first-order chi connectivity index (χ1) is 8.74. The van der Waals surface area contributed by atoms with Crippen LogP contribution in [0.15, 0.2) is 56.7 Å². The van der Waals surface area contributed by atoms with E-state index in [-0.39, 0.29) is 0 Å². The second-order valence-corrected chi connectivity index (χ2v) is 4.52. The van der Waals surface area contributed by atoms with Crippen LogP contribution in [0.1, 0.15) is 5.76 Å². The van der Waals surface area contributed by atoms with Crippen molar-refractivity contribution in [3.63, 3.8) is 0 Å². The minimum atomic E-state index is 0.420. The summed E-state index contributed by atoms with van der Waals surface area (Å²) in [6.07, 6.45) is 1.55. The molecule has 0 aliphatic carbocycles. The Morgan fingerprint density at radius 1 is 1.22 bits per heavy atom. The van der Waals surface area contributed by atoms with E-state index < -0.39 is 0 Å². The van der Waals surface area contributed by atoms with Gasteiger partial charge < -0.3 is 9.73 Å². The van der Waals surface area contributed by atoms with Crippen LogP contribution in [0.25, 0.3) is 0 Å². The highest BCUT2D eigenvalue weighted by molar-refractivity contribution is 9.10. The molecule has 18 heavy (non-hydrogen) atoms. The summed E-state index contributed by atoms with van der Waals surface area (Å²) in [6, 6.07) is 13.2. The summed E-state index contributed by atoms with van der Waals surface area (Å²) >= 11 is 8.29. The van der Waals surface area contributed by atoms with E-state index >= 15 is 0 Å². The highest BCUT2D eigenvalue weighted by atomic mass is 79.9. The van der Waals surface area contributed by atoms with Gasteiger partial charge in [0, 0.05) is 5.69 Å². The molecule has 1 heterocycles. The highest BCUT2D eigenvalue weighted by Crippen LogP contribution is 2.12. The van der Waals surface area contributed by atoms with Crippen LogP contribution in [0.5, 0.6) is 0 Å². The summed E-state index contributed by atoms with van der Waals surface area (Å²) in [4.78, 5) is 0. The van der Waals surface area contributed by atoms with Crippen molar-refractivity contribution in [3.05, 3.63) is 52.9 Å². The van der Waals surface area contributed by atoms with Gasteiger partial charge in [0.1, 0.15) is 5.76 Å². The van der Waals surface area contributed by atoms with Crippen molar-refractivity contribution in [1.29, 1.82) is 0 Å². The standard InChI is InChI=1S/C12H10BrN3OS/c13-11-7-6-10(17-11)8-14-16-12(18)15-9-4-2-1-3-5-9/h1-8H,(H2,15,16,18)/b14-8-. The number of hydrogen-bond acceptors (Lipinski definition) is 3. The summed E-state index contributed by atoms with van der Waals surface area (Å²) < 4.78 is 5.91. The van der Waals surface area contributed by atoms with Crippen LogP contribution in [0.3, 0.4) is 0 Å². The topological polar surface area (TPSA) is 49.6 Å². The molecule has 0 atom stereocenters. The van der Waals surface area contributed by atoms with Crippen molar-refractivity contribution in [1.82, 2.24) is 5.43 Å². The van der Waals surface area contributed by atoms with Crippen molar-refractivity contribution in [3.8, 4) is 0 Å². The number of para-hydroxylation sites is 1. The fourth-order valence-corrected chi connectivity index (χ4v) is 1.72. The van der Waals surface area contributed by atoms with Gasteiger partial charge in [-0.25, -0.2) is 0 Å². The van der Waals surface area contributed by atoms with Crippen LogP contribution >= 0.6 is 28.1 Å². The van der Waals surface area contributed by atoms with Crippen LogP contribution in [0, 0.1) is 0 Å². The molecule has 0 radical (unpaired) electrons. The molecule has 6 heteroatoms. The average molecular weight is 324 g/mol. The predicted molar refractivity (Wildman–Crippen MR) is 79.8 cm³/mol. The third kappa shape index (κ3) is 3.97. The number of halogens is 1. The van der Waals surface area contributed by atoms with Gasteiger partial charge in [-0.2, -0.15) is 5.10 Å². The molecule has 0 unspecified atom stereocenters. The molecule has 1 aromatic carbocycles. The summed E-state index contributed by atoms with van der Waals surface area (Å²) in [7, 11) is 0. The maximum Gasteiger partial charge on any atom is 0.191 e. The van der Waals surface area contributed by atoms with E-state index in [1.165, 1.54) is 0 Å². The van der Waals surface area contributed by atoms with Crippen molar-refractivity contribution < 1.29 is 4.42 Å². The van der Waals surface area contributed by atoms with Crippen LogP contribution in [-0.4, -0.2) is 11.3 Å². The van der Waals surface area contributed by atoms with E-state index in [0.29, 0.717) is 15.5 Å². The minimum Gasteiger partial charge on any atom is -0.448 e. The first-order valence-electron chi connectivity index (χ1n) is 5.14. The molecule has 2 N–H and O–H groups in total. The smallest absolute Gasteiger partial charge is 0.191 e. The van der Waals surface area contributed by atoms with Gasteiger partial charge in [-0.3, -0.25) is 5.43 Å². The average Bonchev–Trinajstić information content (AvgIpc) is 2.76. The van der Waals surface area contributed by atoms with Gasteiger partial charge in [-0.15, -0.1) is 0 Å². The van der Waals surface area contributed by atoms with Crippen LogP contribution < -0.4 is 10.7 Å². The first-order valence-corrected chi connectivity index (χ1v) is 6.34. The van der Waals surface area contributed by atoms with Gasteiger partial charge in [-0.1, -0.05) is 18.2 Å². The molecular formula is C12H10BrN3OS. The third-order valence-corrected chi connectivity index (χ3v) is 2.60. The number of hydrazone groups is 1. The molecule has 0 fully saturated rings. The maximum absolute atomic E-state index is 5.25. The molecule has 0 amide bonds. The number of rotatable bonds is 3. The van der Waals surface area contributed by atoms with E-state index in [4.69, 9.17) is 16.6 Å². The van der Waals surface area contributed by atoms with Crippen molar-refractivity contribution >= 4 is 45.2 Å². The minimum absolute atomic E-state index is 0.420. The van der Waals surface area contributed by atoms with Crippen molar-refractivity contribution in [2.75, 3.05) is 5.32 Å². The number of benzene rings is 1. The number of hydrogen-bond donors (Lipinski definition) is 2. The second kappa shape index (κ2) is 6.32. The van der Waals surface area contributed by atoms with Crippen LogP contribution in [0.4, 0.5) is 5.69 Å². The van der Waals surface area contributed by atoms with Crippen molar-refractivity contribution in [2.24, 2.45) is 5.10 Å². The molecule has 0 aliphatic rings. The zero-order chi connectivity index (χ0) is 12.8. The van der Waals surface area contributed by atoms with Gasteiger partial charge in [-0.05, 0) is 52.4 Å². The number of anilines is 1. The predicted octanol–water partition coefficient (Wildman–Crippen LogP) is 3.36. The Bertz CT molecular complexity index is 553. The van der Waals surface area contributed by atoms with Crippen LogP contribution in [0.2, 0.25) is 0 Å². The Kier molecular flexibility index (Phi) is 4.49. The largest absolute Gasteiger partial charge is 0.448 e. The Labute approximate surface area is 118 Å². The molecule has 2 rings (SSSR count). The van der Waals surface area contributed by atoms with E-state index in [2.05, 4.69) is 31.8 Å². The molecule has 0 saturated carbocycles. The van der Waals surface area contributed by atoms with Gasteiger partial charge in [0.2, 0.25) is 0 Å². The number of thiocarbonyl (C=S) groups is 1. The molecular weight excluding hydrogens is 314 g/mol. The molecule has 4 nitrogen and oxygen atoms in total. The van der Waals surface area contributed by atoms with Crippen molar-refractivity contribution in [2.45, 2.75) is 0 Å². The molecule has 0 spiro atoms. The third-order valence-electron chi connectivity index (χ3n) is 1.98. The lowest BCUT2D eigenvalue weighted by Crippen LogP contribution is -2.23. The summed E-state index contributed by atoms with van der Waals surface area (Å²) in [5.74, 6) is 0.636. The zero-order valence-corrected chi connectivity index (χ0v) is 11.7. The Balaban J connectivity index is 1.83. The Morgan fingerprint density at radius 2 is 2.00 bits per heavy atom. The summed E-state index contributed by atoms with van der Waals surface area (Å²) in [5, 5.41) is 7.38. The quantitative estimate of drug-likeness (QED) is 0.516. The van der Waals surface area contributed by atoms with E-state index in [0.717, 1.165) is 5.69 Å². The number of furan rings is 1. The maximum atomic E-state index is 5.25. The van der Waals surface area contributed by atoms with Gasteiger partial charge in [0.25, 0.3) is 0 Å².